The van der Waals surface area contributed by atoms with Crippen molar-refractivity contribution in [3.8, 4) is 0 Å². The smallest absolute Gasteiger partial charge is 0.00927 e. The summed E-state index contributed by atoms with van der Waals surface area (Å²) in [5.41, 5.74) is 0. The van der Waals surface area contributed by atoms with Gasteiger partial charge in [-0.1, -0.05) is 33.6 Å². The number of hydrogen-bond acceptors (Lipinski definition) is 1. The molecule has 84 valence electrons. The molecule has 0 N–H and O–H groups in total. The van der Waals surface area contributed by atoms with Crippen LogP contribution in [0.5, 0.6) is 0 Å². The van der Waals surface area contributed by atoms with Crippen LogP contribution >= 0.6 is 0 Å². The molecule has 1 heteroatoms. The highest BCUT2D eigenvalue weighted by Crippen LogP contribution is 2.26. The average Bonchev–Trinajstić information content (AvgIpc) is 2.13. The van der Waals surface area contributed by atoms with Crippen LogP contribution in [0.4, 0.5) is 0 Å². The number of hydrogen-bond donors (Lipinski definition) is 0. The van der Waals surface area contributed by atoms with Gasteiger partial charge < -0.3 is 4.90 Å². The molecule has 3 atom stereocenters. The maximum Gasteiger partial charge on any atom is 0.00927 e. The van der Waals surface area contributed by atoms with Gasteiger partial charge in [0, 0.05) is 12.6 Å². The molecule has 1 nitrogen and oxygen atoms in total. The highest BCUT2D eigenvalue weighted by atomic mass is 15.2. The van der Waals surface area contributed by atoms with Crippen molar-refractivity contribution in [2.45, 2.75) is 59.4 Å². The van der Waals surface area contributed by atoms with Crippen LogP contribution < -0.4 is 0 Å². The Bertz CT molecular complexity index is 155. The molecule has 0 spiro atoms. The SMILES string of the molecule is CCCCCN1CC(C)CC(C)C1C. The normalized spacial score (nSPS) is 34.7. The third kappa shape index (κ3) is 3.27. The Balaban J connectivity index is 2.33. The lowest BCUT2D eigenvalue weighted by Crippen LogP contribution is -2.45. The zero-order valence-corrected chi connectivity index (χ0v) is 10.4. The molecule has 3 unspecified atom stereocenters. The molecule has 0 aliphatic carbocycles. The Morgan fingerprint density at radius 3 is 2.50 bits per heavy atom. The first-order chi connectivity index (χ1) is 6.65. The van der Waals surface area contributed by atoms with Gasteiger partial charge in [-0.15, -0.1) is 0 Å². The number of rotatable bonds is 4. The summed E-state index contributed by atoms with van der Waals surface area (Å²) in [6.45, 7) is 12.1. The quantitative estimate of drug-likeness (QED) is 0.623. The lowest BCUT2D eigenvalue weighted by molar-refractivity contribution is 0.0782. The van der Waals surface area contributed by atoms with Gasteiger partial charge >= 0.3 is 0 Å². The summed E-state index contributed by atoms with van der Waals surface area (Å²) in [5.74, 6) is 1.79. The second-order valence-corrected chi connectivity index (χ2v) is 5.26. The molecule has 0 aromatic carbocycles. The van der Waals surface area contributed by atoms with Crippen LogP contribution in [0.1, 0.15) is 53.4 Å². The molecule has 14 heavy (non-hydrogen) atoms. The fraction of sp³-hybridized carbons (Fsp3) is 1.00. The minimum Gasteiger partial charge on any atom is -0.300 e. The summed E-state index contributed by atoms with van der Waals surface area (Å²) in [6.07, 6.45) is 5.55. The van der Waals surface area contributed by atoms with E-state index >= 15 is 0 Å². The molecule has 0 aromatic rings. The molecule has 1 aliphatic heterocycles. The van der Waals surface area contributed by atoms with E-state index in [0.717, 1.165) is 17.9 Å². The first kappa shape index (κ1) is 12.0. The van der Waals surface area contributed by atoms with Crippen molar-refractivity contribution in [3.05, 3.63) is 0 Å². The topological polar surface area (TPSA) is 3.24 Å². The van der Waals surface area contributed by atoms with Crippen LogP contribution in [-0.4, -0.2) is 24.0 Å². The number of unbranched alkanes of at least 4 members (excludes halogenated alkanes) is 2. The highest BCUT2D eigenvalue weighted by molar-refractivity contribution is 4.81. The predicted molar refractivity (Wildman–Crippen MR) is 63.5 cm³/mol. The van der Waals surface area contributed by atoms with E-state index in [1.165, 1.54) is 38.8 Å². The Labute approximate surface area is 89.9 Å². The van der Waals surface area contributed by atoms with E-state index in [1.807, 2.05) is 0 Å². The van der Waals surface area contributed by atoms with Gasteiger partial charge in [-0.2, -0.15) is 0 Å². The van der Waals surface area contributed by atoms with E-state index < -0.39 is 0 Å². The molecule has 0 radical (unpaired) electrons. The van der Waals surface area contributed by atoms with Crippen LogP contribution in [0, 0.1) is 11.8 Å². The first-order valence-corrected chi connectivity index (χ1v) is 6.39. The van der Waals surface area contributed by atoms with Crippen LogP contribution in [0.3, 0.4) is 0 Å². The van der Waals surface area contributed by atoms with Gasteiger partial charge in [0.2, 0.25) is 0 Å². The minimum atomic E-state index is 0.808. The molecular weight excluding hydrogens is 170 g/mol. The standard InChI is InChI=1S/C13H27N/c1-5-6-7-8-14-10-11(2)9-12(3)13(14)4/h11-13H,5-10H2,1-4H3. The molecule has 0 aromatic heterocycles. The zero-order chi connectivity index (χ0) is 10.6. The molecule has 1 heterocycles. The zero-order valence-electron chi connectivity index (χ0n) is 10.4. The van der Waals surface area contributed by atoms with E-state index in [4.69, 9.17) is 0 Å². The van der Waals surface area contributed by atoms with Gasteiger partial charge in [0.05, 0.1) is 0 Å². The van der Waals surface area contributed by atoms with Crippen molar-refractivity contribution in [2.75, 3.05) is 13.1 Å². The largest absolute Gasteiger partial charge is 0.300 e. The van der Waals surface area contributed by atoms with Crippen molar-refractivity contribution < 1.29 is 0 Å². The van der Waals surface area contributed by atoms with Crippen molar-refractivity contribution in [3.63, 3.8) is 0 Å². The molecule has 0 amide bonds. The highest BCUT2D eigenvalue weighted by Gasteiger charge is 2.27. The fourth-order valence-corrected chi connectivity index (χ4v) is 2.69. The molecule has 0 saturated carbocycles. The van der Waals surface area contributed by atoms with Gasteiger partial charge in [0.15, 0.2) is 0 Å². The van der Waals surface area contributed by atoms with Crippen LogP contribution in [0.25, 0.3) is 0 Å². The Morgan fingerprint density at radius 2 is 1.86 bits per heavy atom. The third-order valence-corrected chi connectivity index (χ3v) is 3.77. The van der Waals surface area contributed by atoms with Crippen LogP contribution in [-0.2, 0) is 0 Å². The van der Waals surface area contributed by atoms with E-state index in [-0.39, 0.29) is 0 Å². The number of nitrogens with zero attached hydrogens (tertiary/aromatic N) is 1. The molecule has 0 bridgehead atoms. The Kier molecular flexibility index (Phi) is 4.94. The van der Waals surface area contributed by atoms with Gasteiger partial charge in [-0.3, -0.25) is 0 Å². The summed E-state index contributed by atoms with van der Waals surface area (Å²) in [7, 11) is 0. The fourth-order valence-electron chi connectivity index (χ4n) is 2.69. The van der Waals surface area contributed by atoms with Gasteiger partial charge in [-0.25, -0.2) is 0 Å². The molecular formula is C13H27N. The monoisotopic (exact) mass is 197 g/mol. The van der Waals surface area contributed by atoms with Crippen LogP contribution in [0.2, 0.25) is 0 Å². The van der Waals surface area contributed by atoms with Gasteiger partial charge in [0.1, 0.15) is 0 Å². The lowest BCUT2D eigenvalue weighted by atomic mass is 9.86. The van der Waals surface area contributed by atoms with Crippen LogP contribution in [0.15, 0.2) is 0 Å². The second kappa shape index (κ2) is 5.75. The summed E-state index contributed by atoms with van der Waals surface area (Å²) < 4.78 is 0. The maximum absolute atomic E-state index is 2.70. The lowest BCUT2D eigenvalue weighted by Gasteiger charge is -2.41. The van der Waals surface area contributed by atoms with Crippen molar-refractivity contribution in [2.24, 2.45) is 11.8 Å². The van der Waals surface area contributed by atoms with E-state index in [1.54, 1.807) is 0 Å². The third-order valence-electron chi connectivity index (χ3n) is 3.77. The maximum atomic E-state index is 2.70. The molecule has 1 aliphatic rings. The summed E-state index contributed by atoms with van der Waals surface area (Å²) in [4.78, 5) is 2.70. The molecule has 1 fully saturated rings. The van der Waals surface area contributed by atoms with Crippen molar-refractivity contribution >= 4 is 0 Å². The van der Waals surface area contributed by atoms with E-state index in [0.29, 0.717) is 0 Å². The minimum absolute atomic E-state index is 0.808. The first-order valence-electron chi connectivity index (χ1n) is 6.39. The van der Waals surface area contributed by atoms with E-state index in [9.17, 15) is 0 Å². The van der Waals surface area contributed by atoms with Crippen molar-refractivity contribution in [1.82, 2.24) is 4.90 Å². The van der Waals surface area contributed by atoms with Crippen molar-refractivity contribution in [1.29, 1.82) is 0 Å². The van der Waals surface area contributed by atoms with Gasteiger partial charge in [-0.05, 0) is 38.1 Å². The summed E-state index contributed by atoms with van der Waals surface area (Å²) in [6, 6.07) is 0.808. The second-order valence-electron chi connectivity index (χ2n) is 5.26. The number of piperidine rings is 1. The molecule has 1 rings (SSSR count). The Morgan fingerprint density at radius 1 is 1.14 bits per heavy atom. The average molecular weight is 197 g/mol. The predicted octanol–water partition coefficient (Wildman–Crippen LogP) is 3.54. The molecule has 1 saturated heterocycles. The van der Waals surface area contributed by atoms with E-state index in [2.05, 4.69) is 32.6 Å². The number of likely N-dealkylation sites (tertiary alicyclic amines) is 1. The summed E-state index contributed by atoms with van der Waals surface area (Å²) >= 11 is 0. The Hall–Kier alpha value is -0.0400. The van der Waals surface area contributed by atoms with Gasteiger partial charge in [0.25, 0.3) is 0 Å². The summed E-state index contributed by atoms with van der Waals surface area (Å²) in [5, 5.41) is 0.